The monoisotopic (exact) mass is 228 g/mol. The first-order valence-corrected chi connectivity index (χ1v) is 5.42. The van der Waals surface area contributed by atoms with Crippen LogP contribution in [0.4, 0.5) is 8.78 Å². The van der Waals surface area contributed by atoms with Gasteiger partial charge in [0.2, 0.25) is 0 Å². The minimum Gasteiger partial charge on any atom is -0.393 e. The third-order valence-electron chi connectivity index (χ3n) is 2.69. The van der Waals surface area contributed by atoms with Gasteiger partial charge in [-0.2, -0.15) is 0 Å². The van der Waals surface area contributed by atoms with Crippen LogP contribution in [0.25, 0.3) is 0 Å². The van der Waals surface area contributed by atoms with Gasteiger partial charge >= 0.3 is 0 Å². The molecule has 0 spiro atoms. The first kappa shape index (κ1) is 13.1. The molecular weight excluding hydrogens is 210 g/mol. The topological polar surface area (TPSA) is 20.2 Å². The normalized spacial score (nSPS) is 13.9. The SMILES string of the molecule is CC(C)(C)C(O)CCc1cc(F)ccc1F. The van der Waals surface area contributed by atoms with Crippen LogP contribution in [-0.4, -0.2) is 11.2 Å². The number of rotatable bonds is 3. The molecule has 1 rings (SSSR count). The second-order valence-electron chi connectivity index (χ2n) is 5.16. The molecule has 1 aromatic rings. The lowest BCUT2D eigenvalue weighted by molar-refractivity contribution is 0.0558. The summed E-state index contributed by atoms with van der Waals surface area (Å²) in [5, 5.41) is 9.79. The van der Waals surface area contributed by atoms with Crippen LogP contribution in [-0.2, 0) is 6.42 Å². The van der Waals surface area contributed by atoms with Crippen LogP contribution in [0.15, 0.2) is 18.2 Å². The van der Waals surface area contributed by atoms with Crippen molar-refractivity contribution in [3.05, 3.63) is 35.4 Å². The van der Waals surface area contributed by atoms with Crippen molar-refractivity contribution in [2.75, 3.05) is 0 Å². The highest BCUT2D eigenvalue weighted by atomic mass is 19.1. The van der Waals surface area contributed by atoms with Gasteiger partial charge in [-0.15, -0.1) is 0 Å². The van der Waals surface area contributed by atoms with Crippen molar-refractivity contribution in [1.29, 1.82) is 0 Å². The first-order valence-electron chi connectivity index (χ1n) is 5.42. The van der Waals surface area contributed by atoms with E-state index in [2.05, 4.69) is 0 Å². The summed E-state index contributed by atoms with van der Waals surface area (Å²) in [4.78, 5) is 0. The number of halogens is 2. The van der Waals surface area contributed by atoms with E-state index in [4.69, 9.17) is 0 Å². The van der Waals surface area contributed by atoms with E-state index in [1.165, 1.54) is 6.07 Å². The van der Waals surface area contributed by atoms with Crippen molar-refractivity contribution >= 4 is 0 Å². The van der Waals surface area contributed by atoms with Gasteiger partial charge in [0.05, 0.1) is 6.10 Å². The van der Waals surface area contributed by atoms with Gasteiger partial charge in [-0.1, -0.05) is 20.8 Å². The van der Waals surface area contributed by atoms with Gasteiger partial charge in [0, 0.05) is 0 Å². The summed E-state index contributed by atoms with van der Waals surface area (Å²) in [7, 11) is 0. The molecule has 0 amide bonds. The maximum atomic E-state index is 13.3. The summed E-state index contributed by atoms with van der Waals surface area (Å²) in [6, 6.07) is 3.40. The third kappa shape index (κ3) is 3.56. The molecule has 0 heterocycles. The van der Waals surface area contributed by atoms with Crippen LogP contribution in [0, 0.1) is 17.0 Å². The molecule has 1 atom stereocenters. The molecule has 0 radical (unpaired) electrons. The molecule has 1 N–H and O–H groups in total. The van der Waals surface area contributed by atoms with E-state index < -0.39 is 17.7 Å². The molecule has 1 nitrogen and oxygen atoms in total. The number of hydrogen-bond acceptors (Lipinski definition) is 1. The van der Waals surface area contributed by atoms with Gasteiger partial charge in [0.15, 0.2) is 0 Å². The van der Waals surface area contributed by atoms with Gasteiger partial charge in [-0.05, 0) is 42.0 Å². The summed E-state index contributed by atoms with van der Waals surface area (Å²) in [5.74, 6) is -0.857. The van der Waals surface area contributed by atoms with Gasteiger partial charge in [-0.25, -0.2) is 8.78 Å². The predicted molar refractivity (Wildman–Crippen MR) is 60.1 cm³/mol. The summed E-state index contributed by atoms with van der Waals surface area (Å²) in [6.07, 6.45) is 0.265. The molecule has 0 aliphatic heterocycles. The third-order valence-corrected chi connectivity index (χ3v) is 2.69. The van der Waals surface area contributed by atoms with Crippen molar-refractivity contribution < 1.29 is 13.9 Å². The quantitative estimate of drug-likeness (QED) is 0.841. The molecule has 0 aliphatic carbocycles. The average molecular weight is 228 g/mol. The summed E-state index contributed by atoms with van der Waals surface area (Å²) in [6.45, 7) is 5.75. The Morgan fingerprint density at radius 3 is 2.44 bits per heavy atom. The van der Waals surface area contributed by atoms with E-state index in [-0.39, 0.29) is 5.41 Å². The molecule has 16 heavy (non-hydrogen) atoms. The lowest BCUT2D eigenvalue weighted by Crippen LogP contribution is -2.26. The van der Waals surface area contributed by atoms with Gasteiger partial charge in [0.1, 0.15) is 11.6 Å². The molecule has 3 heteroatoms. The molecule has 0 bridgehead atoms. The molecule has 90 valence electrons. The van der Waals surface area contributed by atoms with Gasteiger partial charge in [0.25, 0.3) is 0 Å². The highest BCUT2D eigenvalue weighted by molar-refractivity contribution is 5.18. The molecule has 1 unspecified atom stereocenters. The Labute approximate surface area is 95.1 Å². The number of hydrogen-bond donors (Lipinski definition) is 1. The van der Waals surface area contributed by atoms with Gasteiger partial charge < -0.3 is 5.11 Å². The summed E-state index contributed by atoms with van der Waals surface area (Å²) >= 11 is 0. The summed E-state index contributed by atoms with van der Waals surface area (Å²) in [5.41, 5.74) is 0.0902. The maximum Gasteiger partial charge on any atom is 0.126 e. The van der Waals surface area contributed by atoms with Crippen molar-refractivity contribution in [3.8, 4) is 0 Å². The number of aliphatic hydroxyl groups excluding tert-OH is 1. The van der Waals surface area contributed by atoms with Crippen LogP contribution >= 0.6 is 0 Å². The average Bonchev–Trinajstić information content (AvgIpc) is 2.17. The van der Waals surface area contributed by atoms with Crippen molar-refractivity contribution in [2.45, 2.75) is 39.7 Å². The van der Waals surface area contributed by atoms with E-state index in [1.807, 2.05) is 20.8 Å². The molecule has 0 saturated heterocycles. The Balaban J connectivity index is 2.64. The molecular formula is C13H18F2O. The minimum atomic E-state index is -0.518. The Hall–Kier alpha value is -0.960. The fraction of sp³-hybridized carbons (Fsp3) is 0.538. The number of benzene rings is 1. The van der Waals surface area contributed by atoms with E-state index in [9.17, 15) is 13.9 Å². The second-order valence-corrected chi connectivity index (χ2v) is 5.16. The molecule has 0 fully saturated rings. The number of aliphatic hydroxyl groups is 1. The zero-order valence-electron chi connectivity index (χ0n) is 9.93. The van der Waals surface area contributed by atoms with E-state index in [1.54, 1.807) is 0 Å². The standard InChI is InChI=1S/C13H18F2O/c1-13(2,3)12(16)7-4-9-8-10(14)5-6-11(9)15/h5-6,8,12,16H,4,7H2,1-3H3. The minimum absolute atomic E-state index is 0.232. The molecule has 0 aliphatic rings. The molecule has 1 aromatic carbocycles. The van der Waals surface area contributed by atoms with Gasteiger partial charge in [-0.3, -0.25) is 0 Å². The van der Waals surface area contributed by atoms with E-state index in [0.717, 1.165) is 12.1 Å². The summed E-state index contributed by atoms with van der Waals surface area (Å²) < 4.78 is 26.1. The van der Waals surface area contributed by atoms with Crippen LogP contribution in [0.2, 0.25) is 0 Å². The second kappa shape index (κ2) is 4.91. The number of aryl methyl sites for hydroxylation is 1. The van der Waals surface area contributed by atoms with Crippen LogP contribution in [0.5, 0.6) is 0 Å². The van der Waals surface area contributed by atoms with Crippen LogP contribution in [0.1, 0.15) is 32.8 Å². The fourth-order valence-corrected chi connectivity index (χ4v) is 1.46. The van der Waals surface area contributed by atoms with Crippen molar-refractivity contribution in [1.82, 2.24) is 0 Å². The van der Waals surface area contributed by atoms with Crippen LogP contribution < -0.4 is 0 Å². The fourth-order valence-electron chi connectivity index (χ4n) is 1.46. The zero-order chi connectivity index (χ0) is 12.3. The van der Waals surface area contributed by atoms with E-state index >= 15 is 0 Å². The Morgan fingerprint density at radius 1 is 1.25 bits per heavy atom. The maximum absolute atomic E-state index is 13.3. The molecule has 0 aromatic heterocycles. The first-order chi connectivity index (χ1) is 7.30. The Kier molecular flexibility index (Phi) is 4.03. The lowest BCUT2D eigenvalue weighted by Gasteiger charge is -2.25. The zero-order valence-corrected chi connectivity index (χ0v) is 9.93. The van der Waals surface area contributed by atoms with E-state index in [0.29, 0.717) is 18.4 Å². The largest absolute Gasteiger partial charge is 0.393 e. The van der Waals surface area contributed by atoms with Crippen LogP contribution in [0.3, 0.4) is 0 Å². The predicted octanol–water partition coefficient (Wildman–Crippen LogP) is 3.30. The Morgan fingerprint density at radius 2 is 1.88 bits per heavy atom. The smallest absolute Gasteiger partial charge is 0.126 e. The van der Waals surface area contributed by atoms with Crippen molar-refractivity contribution in [3.63, 3.8) is 0 Å². The molecule has 0 saturated carbocycles. The highest BCUT2D eigenvalue weighted by Crippen LogP contribution is 2.23. The highest BCUT2D eigenvalue weighted by Gasteiger charge is 2.22. The lowest BCUT2D eigenvalue weighted by atomic mass is 9.86. The van der Waals surface area contributed by atoms with Crippen molar-refractivity contribution in [2.24, 2.45) is 5.41 Å². The Bertz CT molecular complexity index is 355.